The molecule has 2 unspecified atom stereocenters. The summed E-state index contributed by atoms with van der Waals surface area (Å²) in [5, 5.41) is 11.4. The van der Waals surface area contributed by atoms with Crippen molar-refractivity contribution < 1.29 is 47.7 Å². The number of carbonyl (C=O) groups is 6. The highest BCUT2D eigenvalue weighted by atomic mass is 16.5. The van der Waals surface area contributed by atoms with Crippen LogP contribution in [0.1, 0.15) is 101 Å². The number of piperidine rings is 4. The third-order valence-electron chi connectivity index (χ3n) is 23.0. The van der Waals surface area contributed by atoms with Crippen molar-refractivity contribution in [3.63, 3.8) is 0 Å². The number of anilines is 3. The molecule has 6 amide bonds. The average Bonchev–Trinajstić information content (AvgIpc) is 0.757. The Morgan fingerprint density at radius 1 is 0.514 bits per heavy atom. The number of aryl methyl sites for hydroxylation is 2. The van der Waals surface area contributed by atoms with Crippen LogP contribution in [0, 0.1) is 31.6 Å². The smallest absolute Gasteiger partial charge is 0.259 e. The van der Waals surface area contributed by atoms with Gasteiger partial charge in [-0.15, -0.1) is 0 Å². The number of hydrogen-bond acceptors (Lipinski definition) is 19. The zero-order chi connectivity index (χ0) is 73.3. The Balaban J connectivity index is 0.590. The maximum atomic E-state index is 13.9. The van der Waals surface area contributed by atoms with Gasteiger partial charge >= 0.3 is 0 Å². The van der Waals surface area contributed by atoms with Crippen molar-refractivity contribution in [2.45, 2.75) is 103 Å². The molecule has 4 aromatic carbocycles. The summed E-state index contributed by atoms with van der Waals surface area (Å²) >= 11 is 0. The molecule has 0 saturated carbocycles. The van der Waals surface area contributed by atoms with E-state index in [9.17, 15) is 38.4 Å². The monoisotopic (exact) mass is 1430 g/mol. The van der Waals surface area contributed by atoms with Crippen molar-refractivity contribution in [3.05, 3.63) is 152 Å². The van der Waals surface area contributed by atoms with Gasteiger partial charge in [0.1, 0.15) is 40.9 Å². The first-order valence-corrected chi connectivity index (χ1v) is 36.9. The van der Waals surface area contributed by atoms with Gasteiger partial charge in [-0.05, 0) is 179 Å². The predicted octanol–water partition coefficient (Wildman–Crippen LogP) is 6.72. The summed E-state index contributed by atoms with van der Waals surface area (Å²) in [6, 6.07) is 24.3. The SMILES string of the molecule is COc1cc(-c2cn(C)c(=O)c3cnc(N4CC(COc5cc(-c6cn(C)c(=O)c(C)c6C)cc(OC)c5CN5CCN(C6CN(c7ccc(C(=O)NC8CCC(=O)NC8=O)cc7)C6)CC5)C4)cc23)cc(OC)c1CN1CCC(CC2CCN(c3ccc(C(=O)NC4CCC(=O)NC4=O)cc3)CC2)CC1. The van der Waals surface area contributed by atoms with E-state index in [-0.39, 0.29) is 59.9 Å². The third-order valence-corrected chi connectivity index (χ3v) is 23.0. The van der Waals surface area contributed by atoms with E-state index in [0.717, 1.165) is 170 Å². The van der Waals surface area contributed by atoms with Crippen LogP contribution in [0.3, 0.4) is 0 Å². The van der Waals surface area contributed by atoms with Crippen molar-refractivity contribution in [2.24, 2.45) is 31.8 Å². The van der Waals surface area contributed by atoms with E-state index in [4.69, 9.17) is 23.9 Å². The molecule has 3 aromatic heterocycles. The second-order valence-corrected chi connectivity index (χ2v) is 29.7. The molecule has 7 aromatic rings. The van der Waals surface area contributed by atoms with Crippen LogP contribution in [0.15, 0.2) is 107 Å². The summed E-state index contributed by atoms with van der Waals surface area (Å²) in [4.78, 5) is 120. The quantitative estimate of drug-likeness (QED) is 0.0513. The lowest BCUT2D eigenvalue weighted by atomic mass is 9.82. The highest BCUT2D eigenvalue weighted by molar-refractivity contribution is 6.05. The second-order valence-electron chi connectivity index (χ2n) is 29.7. The maximum Gasteiger partial charge on any atom is 0.259 e. The van der Waals surface area contributed by atoms with Gasteiger partial charge in [-0.1, -0.05) is 0 Å². The van der Waals surface area contributed by atoms with Crippen LogP contribution in [0.5, 0.6) is 23.0 Å². The summed E-state index contributed by atoms with van der Waals surface area (Å²) in [6.45, 7) is 16.0. The minimum absolute atomic E-state index is 0.0375. The third kappa shape index (κ3) is 15.5. The first kappa shape index (κ1) is 71.9. The molecule has 0 aliphatic carbocycles. The van der Waals surface area contributed by atoms with Gasteiger partial charge in [0, 0.05) is 181 Å². The molecule has 25 heteroatoms. The Labute approximate surface area is 611 Å². The zero-order valence-electron chi connectivity index (χ0n) is 61.1. The Morgan fingerprint density at radius 2 is 1.00 bits per heavy atom. The standard InChI is InChI=1S/C80H95N13O12/c1-48-49(2)79(100)86(3)43-62(48)55-33-70(104-7)65(46-89-28-30-91(31-29-89)59-41-92(42-59)58-14-10-54(11-15-58)76(97)83-67-17-19-74(95)85-78(67)99)71(36-55)105-47-52-39-93(40-52)72-37-60-61(38-81-72)80(101)87(4)44-63(60)56-34-68(102-5)64(69(35-56)103-6)45-88-24-20-50(21-25-88)32-51-22-26-90(27-23-51)57-12-8-53(9-13-57)75(96)82-66-16-18-73(94)84-77(66)98/h8-15,33-38,43-44,50-52,59,66-67H,16-32,39-42,45-47H2,1-7H3,(H,82,96)(H,83,97)(H,84,94,98)(H,85,95,99). The number of ether oxygens (including phenoxy) is 4. The number of carbonyl (C=O) groups excluding carboxylic acids is 6. The second kappa shape index (κ2) is 30.9. The molecule has 7 fully saturated rings. The highest BCUT2D eigenvalue weighted by Gasteiger charge is 2.37. The maximum absolute atomic E-state index is 13.9. The number of aromatic nitrogens is 3. The summed E-state index contributed by atoms with van der Waals surface area (Å²) in [5.41, 5.74) is 9.96. The predicted molar refractivity (Wildman–Crippen MR) is 400 cm³/mol. The molecule has 7 aliphatic heterocycles. The van der Waals surface area contributed by atoms with Gasteiger partial charge in [0.25, 0.3) is 22.9 Å². The van der Waals surface area contributed by atoms with Crippen LogP contribution in [0.2, 0.25) is 0 Å². The fraction of sp³-hybridized carbons (Fsp3) is 0.463. The van der Waals surface area contributed by atoms with E-state index < -0.39 is 23.9 Å². The van der Waals surface area contributed by atoms with E-state index in [1.54, 1.807) is 75.0 Å². The minimum atomic E-state index is -0.732. The van der Waals surface area contributed by atoms with Crippen molar-refractivity contribution in [3.8, 4) is 45.3 Å². The number of nitrogens with one attached hydrogen (secondary N) is 4. The van der Waals surface area contributed by atoms with Gasteiger partial charge < -0.3 is 53.4 Å². The largest absolute Gasteiger partial charge is 0.496 e. The Hall–Kier alpha value is -10.1. The molecule has 0 bridgehead atoms. The van der Waals surface area contributed by atoms with Crippen molar-refractivity contribution in [1.82, 2.24) is 50.1 Å². The number of fused-ring (bicyclic) bond motifs is 1. The minimum Gasteiger partial charge on any atom is -0.496 e. The van der Waals surface area contributed by atoms with Gasteiger partial charge in [-0.2, -0.15) is 0 Å². The lowest BCUT2D eigenvalue weighted by Crippen LogP contribution is -2.63. The summed E-state index contributed by atoms with van der Waals surface area (Å²) in [5.74, 6) is 2.87. The molecule has 7 aliphatic rings. The number of methoxy groups -OCH3 is 3. The number of hydrogen-bond donors (Lipinski definition) is 4. The van der Waals surface area contributed by atoms with Gasteiger partial charge in [-0.3, -0.25) is 63.7 Å². The summed E-state index contributed by atoms with van der Waals surface area (Å²) in [7, 11) is 8.65. The topological polar surface area (TPSA) is 264 Å². The van der Waals surface area contributed by atoms with Crippen LogP contribution >= 0.6 is 0 Å². The molecule has 105 heavy (non-hydrogen) atoms. The van der Waals surface area contributed by atoms with Crippen molar-refractivity contribution in [1.29, 1.82) is 0 Å². The number of rotatable bonds is 22. The number of likely N-dealkylation sites (tertiary alicyclic amines) is 1. The molecule has 0 spiro atoms. The number of benzene rings is 4. The first-order valence-electron chi connectivity index (χ1n) is 36.9. The molecular formula is C80H95N13O12. The van der Waals surface area contributed by atoms with Crippen LogP contribution in [0.4, 0.5) is 17.2 Å². The summed E-state index contributed by atoms with van der Waals surface area (Å²) < 4.78 is 28.8. The molecule has 552 valence electrons. The first-order chi connectivity index (χ1) is 50.7. The molecular weight excluding hydrogens is 1330 g/mol. The molecule has 10 heterocycles. The van der Waals surface area contributed by atoms with Gasteiger partial charge in [0.05, 0.1) is 44.4 Å². The molecule has 2 atom stereocenters. The Bertz CT molecular complexity index is 4570. The van der Waals surface area contributed by atoms with E-state index >= 15 is 0 Å². The number of piperazine rings is 1. The molecule has 7 saturated heterocycles. The number of nitrogens with zero attached hydrogens (tertiary/aromatic N) is 9. The number of imide groups is 2. The van der Waals surface area contributed by atoms with Crippen LogP contribution in [0.25, 0.3) is 33.0 Å². The fourth-order valence-corrected chi connectivity index (χ4v) is 16.3. The van der Waals surface area contributed by atoms with E-state index in [1.165, 1.54) is 6.42 Å². The average molecular weight is 1430 g/mol. The Kier molecular flexibility index (Phi) is 21.2. The Morgan fingerprint density at radius 3 is 1.54 bits per heavy atom. The molecule has 25 nitrogen and oxygen atoms in total. The lowest BCUT2D eigenvalue weighted by molar-refractivity contribution is -0.136. The van der Waals surface area contributed by atoms with Crippen LogP contribution in [-0.2, 0) is 46.4 Å². The number of amides is 6. The van der Waals surface area contributed by atoms with Gasteiger partial charge in [0.15, 0.2) is 0 Å². The normalized spacial score (nSPS) is 19.8. The molecule has 14 rings (SSSR count). The van der Waals surface area contributed by atoms with Crippen LogP contribution < -0.4 is 66.0 Å². The van der Waals surface area contributed by atoms with Gasteiger partial charge in [-0.25, -0.2) is 4.98 Å². The zero-order valence-corrected chi connectivity index (χ0v) is 61.1. The van der Waals surface area contributed by atoms with Crippen molar-refractivity contribution in [2.75, 3.05) is 121 Å². The van der Waals surface area contributed by atoms with Crippen molar-refractivity contribution >= 4 is 63.4 Å². The van der Waals surface area contributed by atoms with E-state index in [1.807, 2.05) is 56.6 Å². The molecule has 4 N–H and O–H groups in total. The summed E-state index contributed by atoms with van der Waals surface area (Å²) in [6.07, 6.45) is 12.1. The highest BCUT2D eigenvalue weighted by Crippen LogP contribution is 2.42. The fourth-order valence-electron chi connectivity index (χ4n) is 16.3. The number of pyridine rings is 3. The van der Waals surface area contributed by atoms with E-state index in [0.29, 0.717) is 84.9 Å². The van der Waals surface area contributed by atoms with Gasteiger partial charge in [0.2, 0.25) is 23.6 Å². The molecule has 0 radical (unpaired) electrons. The lowest BCUT2D eigenvalue weighted by Gasteiger charge is -2.49. The van der Waals surface area contributed by atoms with E-state index in [2.05, 4.69) is 74.9 Å². The van der Waals surface area contributed by atoms with Crippen LogP contribution in [-0.4, -0.2) is 189 Å².